The molecule has 1 unspecified atom stereocenters. The van der Waals surface area contributed by atoms with Crippen molar-refractivity contribution in [2.45, 2.75) is 25.8 Å². The summed E-state index contributed by atoms with van der Waals surface area (Å²) in [5.74, 6) is 0. The Hall–Kier alpha value is -1.02. The lowest BCUT2D eigenvalue weighted by molar-refractivity contribution is 0.651. The van der Waals surface area contributed by atoms with Crippen LogP contribution in [0, 0.1) is 6.92 Å². The van der Waals surface area contributed by atoms with E-state index in [1.54, 1.807) is 12.1 Å². The first-order valence-electron chi connectivity index (χ1n) is 6.32. The van der Waals surface area contributed by atoms with E-state index in [2.05, 4.69) is 31.2 Å². The molecule has 0 amide bonds. The lowest BCUT2D eigenvalue weighted by Crippen LogP contribution is -2.12. The van der Waals surface area contributed by atoms with Gasteiger partial charge in [-0.3, -0.25) is 0 Å². The Morgan fingerprint density at radius 1 is 1.11 bits per heavy atom. The molecule has 1 atom stereocenters. The monoisotopic (exact) mass is 293 g/mol. The van der Waals surface area contributed by atoms with E-state index >= 15 is 0 Å². The van der Waals surface area contributed by atoms with Gasteiger partial charge in [-0.1, -0.05) is 53.0 Å². The van der Waals surface area contributed by atoms with Gasteiger partial charge in [0.15, 0.2) is 0 Å². The highest BCUT2D eigenvalue weighted by molar-refractivity contribution is 6.33. The van der Waals surface area contributed by atoms with Gasteiger partial charge < -0.3 is 5.73 Å². The quantitative estimate of drug-likeness (QED) is 0.849. The molecule has 0 aliphatic heterocycles. The molecule has 3 heteroatoms. The van der Waals surface area contributed by atoms with E-state index in [4.69, 9.17) is 28.9 Å². The normalized spacial score (nSPS) is 12.4. The zero-order valence-electron chi connectivity index (χ0n) is 10.9. The second-order valence-corrected chi connectivity index (χ2v) is 5.64. The van der Waals surface area contributed by atoms with Crippen LogP contribution in [-0.2, 0) is 6.42 Å². The third kappa shape index (κ3) is 3.97. The predicted molar refractivity (Wildman–Crippen MR) is 82.9 cm³/mol. The van der Waals surface area contributed by atoms with Gasteiger partial charge in [-0.2, -0.15) is 0 Å². The largest absolute Gasteiger partial charge is 0.324 e. The Morgan fingerprint density at radius 2 is 1.89 bits per heavy atom. The fourth-order valence-electron chi connectivity index (χ4n) is 2.14. The van der Waals surface area contributed by atoms with Gasteiger partial charge in [0.2, 0.25) is 0 Å². The van der Waals surface area contributed by atoms with Crippen molar-refractivity contribution >= 4 is 23.2 Å². The van der Waals surface area contributed by atoms with Crippen LogP contribution < -0.4 is 5.73 Å². The zero-order valence-corrected chi connectivity index (χ0v) is 12.4. The average molecular weight is 294 g/mol. The fraction of sp³-hybridized carbons (Fsp3) is 0.250. The van der Waals surface area contributed by atoms with Gasteiger partial charge in [0, 0.05) is 16.1 Å². The summed E-state index contributed by atoms with van der Waals surface area (Å²) < 4.78 is 0. The first-order chi connectivity index (χ1) is 9.06. The molecule has 0 aliphatic rings. The van der Waals surface area contributed by atoms with Crippen molar-refractivity contribution in [2.24, 2.45) is 5.73 Å². The number of rotatable bonds is 4. The van der Waals surface area contributed by atoms with Crippen molar-refractivity contribution in [1.29, 1.82) is 0 Å². The molecule has 0 aliphatic carbocycles. The van der Waals surface area contributed by atoms with Crippen LogP contribution in [0.2, 0.25) is 10.0 Å². The molecule has 100 valence electrons. The first kappa shape index (κ1) is 14.4. The third-order valence-electron chi connectivity index (χ3n) is 3.18. The van der Waals surface area contributed by atoms with Crippen LogP contribution in [0.25, 0.3) is 0 Å². The molecular weight excluding hydrogens is 277 g/mol. The Kier molecular flexibility index (Phi) is 4.87. The van der Waals surface area contributed by atoms with Crippen molar-refractivity contribution in [1.82, 2.24) is 0 Å². The molecular formula is C16H17Cl2N. The highest BCUT2D eigenvalue weighted by atomic mass is 35.5. The first-order valence-corrected chi connectivity index (χ1v) is 7.08. The van der Waals surface area contributed by atoms with Crippen molar-refractivity contribution < 1.29 is 0 Å². The Labute approximate surface area is 124 Å². The van der Waals surface area contributed by atoms with E-state index in [0.29, 0.717) is 10.0 Å². The molecule has 2 rings (SSSR count). The highest BCUT2D eigenvalue weighted by Gasteiger charge is 2.11. The summed E-state index contributed by atoms with van der Waals surface area (Å²) in [7, 11) is 0. The van der Waals surface area contributed by atoms with Crippen molar-refractivity contribution in [2.75, 3.05) is 0 Å². The van der Waals surface area contributed by atoms with Gasteiger partial charge in [-0.15, -0.1) is 0 Å². The summed E-state index contributed by atoms with van der Waals surface area (Å²) >= 11 is 12.1. The number of nitrogens with two attached hydrogens (primary N) is 1. The molecule has 19 heavy (non-hydrogen) atoms. The maximum atomic E-state index is 6.21. The number of hydrogen-bond acceptors (Lipinski definition) is 1. The third-order valence-corrected chi connectivity index (χ3v) is 3.76. The van der Waals surface area contributed by atoms with Gasteiger partial charge in [-0.25, -0.2) is 0 Å². The van der Waals surface area contributed by atoms with Crippen LogP contribution in [0.4, 0.5) is 0 Å². The van der Waals surface area contributed by atoms with Gasteiger partial charge in [0.25, 0.3) is 0 Å². The predicted octanol–water partition coefficient (Wildman–Crippen LogP) is 4.93. The minimum absolute atomic E-state index is 0.0910. The molecule has 0 bridgehead atoms. The highest BCUT2D eigenvalue weighted by Crippen LogP contribution is 2.27. The molecule has 2 N–H and O–H groups in total. The van der Waals surface area contributed by atoms with Crippen molar-refractivity contribution in [3.63, 3.8) is 0 Å². The van der Waals surface area contributed by atoms with Gasteiger partial charge >= 0.3 is 0 Å². The Morgan fingerprint density at radius 3 is 2.63 bits per heavy atom. The fourth-order valence-corrected chi connectivity index (χ4v) is 2.58. The molecule has 0 aromatic heterocycles. The molecule has 2 aromatic rings. The van der Waals surface area contributed by atoms with E-state index in [9.17, 15) is 0 Å². The van der Waals surface area contributed by atoms with Crippen molar-refractivity contribution in [3.05, 3.63) is 69.2 Å². The topological polar surface area (TPSA) is 26.0 Å². The van der Waals surface area contributed by atoms with E-state index in [0.717, 1.165) is 18.4 Å². The maximum Gasteiger partial charge on any atom is 0.0454 e. The molecule has 0 saturated heterocycles. The summed E-state index contributed by atoms with van der Waals surface area (Å²) in [4.78, 5) is 0. The number of hydrogen-bond donors (Lipinski definition) is 1. The van der Waals surface area contributed by atoms with Crippen molar-refractivity contribution in [3.8, 4) is 0 Å². The molecule has 0 heterocycles. The molecule has 0 spiro atoms. The smallest absolute Gasteiger partial charge is 0.0454 e. The van der Waals surface area contributed by atoms with Gasteiger partial charge in [0.05, 0.1) is 0 Å². The van der Waals surface area contributed by atoms with Gasteiger partial charge in [-0.05, 0) is 49.1 Å². The Bertz CT molecular complexity index is 566. The molecule has 0 fully saturated rings. The summed E-state index contributed by atoms with van der Waals surface area (Å²) in [6.07, 6.45) is 1.79. The molecule has 2 aromatic carbocycles. The summed E-state index contributed by atoms with van der Waals surface area (Å²) in [5.41, 5.74) is 9.70. The van der Waals surface area contributed by atoms with E-state index in [-0.39, 0.29) is 6.04 Å². The molecule has 1 nitrogen and oxygen atoms in total. The lowest BCUT2D eigenvalue weighted by Gasteiger charge is -2.14. The lowest BCUT2D eigenvalue weighted by atomic mass is 9.99. The number of aryl methyl sites for hydroxylation is 2. The molecule has 0 radical (unpaired) electrons. The van der Waals surface area contributed by atoms with Crippen LogP contribution >= 0.6 is 23.2 Å². The average Bonchev–Trinajstić information content (AvgIpc) is 2.39. The van der Waals surface area contributed by atoms with E-state index in [1.165, 1.54) is 11.1 Å². The van der Waals surface area contributed by atoms with E-state index < -0.39 is 0 Å². The van der Waals surface area contributed by atoms with Crippen LogP contribution in [-0.4, -0.2) is 0 Å². The van der Waals surface area contributed by atoms with Crippen LogP contribution in [0.5, 0.6) is 0 Å². The van der Waals surface area contributed by atoms with Crippen LogP contribution in [0.3, 0.4) is 0 Å². The number of benzene rings is 2. The minimum Gasteiger partial charge on any atom is -0.324 e. The second kappa shape index (κ2) is 6.42. The summed E-state index contributed by atoms with van der Waals surface area (Å²) in [5, 5.41) is 1.35. The Balaban J connectivity index is 2.05. The van der Waals surface area contributed by atoms with Gasteiger partial charge in [0.1, 0.15) is 0 Å². The zero-order chi connectivity index (χ0) is 13.8. The van der Waals surface area contributed by atoms with E-state index in [1.807, 2.05) is 6.07 Å². The summed E-state index contributed by atoms with van der Waals surface area (Å²) in [6, 6.07) is 13.8. The second-order valence-electron chi connectivity index (χ2n) is 4.80. The minimum atomic E-state index is -0.0910. The van der Waals surface area contributed by atoms with Crippen LogP contribution in [0.15, 0.2) is 42.5 Å². The van der Waals surface area contributed by atoms with Crippen LogP contribution in [0.1, 0.15) is 29.2 Å². The molecule has 0 saturated carbocycles. The standard InChI is InChI=1S/C16H17Cl2N/c1-11-3-2-4-12(9-11)5-8-16(19)14-10-13(17)6-7-15(14)18/h2-4,6-7,9-10,16H,5,8,19H2,1H3. The SMILES string of the molecule is Cc1cccc(CCC(N)c2cc(Cl)ccc2Cl)c1. The maximum absolute atomic E-state index is 6.21. The summed E-state index contributed by atoms with van der Waals surface area (Å²) in [6.45, 7) is 2.09. The number of halogens is 2.